The highest BCUT2D eigenvalue weighted by Gasteiger charge is 2.27. The number of aromatic nitrogens is 2. The molecule has 27 heavy (non-hydrogen) atoms. The van der Waals surface area contributed by atoms with Crippen LogP contribution in [-0.2, 0) is 15.8 Å². The summed E-state index contributed by atoms with van der Waals surface area (Å²) in [6.45, 7) is 4.13. The van der Waals surface area contributed by atoms with E-state index in [0.717, 1.165) is 27.8 Å². The number of rotatable bonds is 4. The van der Waals surface area contributed by atoms with Gasteiger partial charge in [-0.05, 0) is 30.7 Å². The van der Waals surface area contributed by atoms with Gasteiger partial charge in [-0.1, -0.05) is 29.8 Å². The Balaban J connectivity index is 1.44. The average molecular weight is 386 g/mol. The van der Waals surface area contributed by atoms with Crippen molar-refractivity contribution in [2.24, 2.45) is 0 Å². The second-order valence-electron chi connectivity index (χ2n) is 6.94. The normalized spacial score (nSPS) is 16.1. The third-order valence-corrected chi connectivity index (χ3v) is 6.82. The smallest absolute Gasteiger partial charge is 0.323 e. The van der Waals surface area contributed by atoms with E-state index in [2.05, 4.69) is 14.9 Å². The highest BCUT2D eigenvalue weighted by atomic mass is 32.2. The molecule has 0 saturated carbocycles. The summed E-state index contributed by atoms with van der Waals surface area (Å²) in [5.41, 5.74) is 4.20. The summed E-state index contributed by atoms with van der Waals surface area (Å²) < 4.78 is 27.0. The molecule has 8 heteroatoms. The molecule has 0 aliphatic carbocycles. The minimum atomic E-state index is -3.33. The molecule has 1 aliphatic heterocycles. The molecule has 1 saturated heterocycles. The van der Waals surface area contributed by atoms with E-state index >= 15 is 0 Å². The first-order valence-electron chi connectivity index (χ1n) is 8.91. The molecule has 0 atom stereocenters. The number of imidazole rings is 1. The number of hydrogen-bond acceptors (Lipinski definition) is 4. The zero-order chi connectivity index (χ0) is 19.0. The van der Waals surface area contributed by atoms with Crippen molar-refractivity contribution < 1.29 is 8.42 Å². The predicted octanol–water partition coefficient (Wildman–Crippen LogP) is 1.82. The van der Waals surface area contributed by atoms with Crippen LogP contribution in [0.1, 0.15) is 11.1 Å². The van der Waals surface area contributed by atoms with Crippen LogP contribution in [0, 0.1) is 6.92 Å². The van der Waals surface area contributed by atoms with Crippen LogP contribution in [0.4, 0.5) is 5.69 Å². The average Bonchev–Trinajstić information content (AvgIpc) is 3.03. The molecule has 0 amide bonds. The number of nitrogens with zero attached hydrogens (tertiary/aromatic N) is 2. The maximum absolute atomic E-state index is 12.7. The van der Waals surface area contributed by atoms with Gasteiger partial charge in [0, 0.05) is 31.9 Å². The fourth-order valence-electron chi connectivity index (χ4n) is 3.43. The molecule has 2 N–H and O–H groups in total. The van der Waals surface area contributed by atoms with E-state index in [-0.39, 0.29) is 11.4 Å². The van der Waals surface area contributed by atoms with Crippen LogP contribution >= 0.6 is 0 Å². The van der Waals surface area contributed by atoms with Gasteiger partial charge in [-0.15, -0.1) is 0 Å². The third kappa shape index (κ3) is 3.77. The van der Waals surface area contributed by atoms with Gasteiger partial charge in [-0.25, -0.2) is 13.2 Å². The van der Waals surface area contributed by atoms with Crippen molar-refractivity contribution in [3.8, 4) is 0 Å². The fourth-order valence-corrected chi connectivity index (χ4v) is 4.94. The zero-order valence-electron chi connectivity index (χ0n) is 15.1. The molecule has 0 bridgehead atoms. The summed E-state index contributed by atoms with van der Waals surface area (Å²) in [5.74, 6) is 0.0316. The number of benzene rings is 2. The highest BCUT2D eigenvalue weighted by molar-refractivity contribution is 7.88. The minimum absolute atomic E-state index is 0.0316. The maximum Gasteiger partial charge on any atom is 0.323 e. The molecule has 7 nitrogen and oxygen atoms in total. The topological polar surface area (TPSA) is 89.3 Å². The van der Waals surface area contributed by atoms with Gasteiger partial charge in [0.1, 0.15) is 0 Å². The summed E-state index contributed by atoms with van der Waals surface area (Å²) in [4.78, 5) is 19.0. The molecule has 2 aromatic carbocycles. The molecule has 1 aliphatic rings. The van der Waals surface area contributed by atoms with Crippen LogP contribution in [0.15, 0.2) is 47.3 Å². The van der Waals surface area contributed by atoms with Gasteiger partial charge in [0.25, 0.3) is 0 Å². The lowest BCUT2D eigenvalue weighted by molar-refractivity contribution is 0.384. The van der Waals surface area contributed by atoms with E-state index in [1.54, 1.807) is 4.31 Å². The third-order valence-electron chi connectivity index (χ3n) is 4.97. The summed E-state index contributed by atoms with van der Waals surface area (Å²) in [6, 6.07) is 13.3. The van der Waals surface area contributed by atoms with E-state index in [4.69, 9.17) is 0 Å². The zero-order valence-corrected chi connectivity index (χ0v) is 15.9. The first-order valence-corrected chi connectivity index (χ1v) is 10.5. The Morgan fingerprint density at radius 2 is 1.59 bits per heavy atom. The maximum atomic E-state index is 12.7. The molecule has 0 radical (unpaired) electrons. The van der Waals surface area contributed by atoms with Crippen molar-refractivity contribution >= 4 is 26.7 Å². The lowest BCUT2D eigenvalue weighted by atomic mass is 10.2. The molecule has 0 unspecified atom stereocenters. The van der Waals surface area contributed by atoms with Gasteiger partial charge < -0.3 is 14.9 Å². The monoisotopic (exact) mass is 386 g/mol. The van der Waals surface area contributed by atoms with Gasteiger partial charge in [0.05, 0.1) is 16.8 Å². The SMILES string of the molecule is Cc1ccc(CS(=O)(=O)N2CCN(c3ccc4[nH]c(=O)[nH]c4c3)CC2)cc1. The number of piperazine rings is 1. The Morgan fingerprint density at radius 1 is 0.926 bits per heavy atom. The second-order valence-corrected chi connectivity index (χ2v) is 8.91. The van der Waals surface area contributed by atoms with E-state index in [0.29, 0.717) is 26.2 Å². The molecule has 0 spiro atoms. The number of aromatic amines is 2. The van der Waals surface area contributed by atoms with Crippen molar-refractivity contribution in [3.05, 3.63) is 64.1 Å². The first kappa shape index (κ1) is 17.8. The molecule has 1 aromatic heterocycles. The Kier molecular flexibility index (Phi) is 4.53. The van der Waals surface area contributed by atoms with Crippen LogP contribution in [0.2, 0.25) is 0 Å². The predicted molar refractivity (Wildman–Crippen MR) is 107 cm³/mol. The number of aryl methyl sites for hydroxylation is 1. The minimum Gasteiger partial charge on any atom is -0.369 e. The largest absolute Gasteiger partial charge is 0.369 e. The van der Waals surface area contributed by atoms with E-state index in [1.807, 2.05) is 49.4 Å². The first-order chi connectivity index (χ1) is 12.9. The van der Waals surface area contributed by atoms with Crippen LogP contribution in [0.3, 0.4) is 0 Å². The molecule has 142 valence electrons. The molecule has 3 aromatic rings. The van der Waals surface area contributed by atoms with Gasteiger partial charge in [-0.3, -0.25) is 0 Å². The number of sulfonamides is 1. The van der Waals surface area contributed by atoms with E-state index < -0.39 is 10.0 Å². The second kappa shape index (κ2) is 6.86. The molecular formula is C19H22N4O3S. The molecular weight excluding hydrogens is 364 g/mol. The van der Waals surface area contributed by atoms with Crippen molar-refractivity contribution in [3.63, 3.8) is 0 Å². The summed E-state index contributed by atoms with van der Waals surface area (Å²) in [5, 5.41) is 0. The van der Waals surface area contributed by atoms with Gasteiger partial charge >= 0.3 is 5.69 Å². The van der Waals surface area contributed by atoms with Crippen LogP contribution < -0.4 is 10.6 Å². The van der Waals surface area contributed by atoms with E-state index in [1.165, 1.54) is 0 Å². The van der Waals surface area contributed by atoms with Crippen molar-refractivity contribution in [1.29, 1.82) is 0 Å². The Morgan fingerprint density at radius 3 is 2.30 bits per heavy atom. The lowest BCUT2D eigenvalue weighted by Crippen LogP contribution is -2.49. The van der Waals surface area contributed by atoms with Gasteiger partial charge in [0.15, 0.2) is 0 Å². The van der Waals surface area contributed by atoms with E-state index in [9.17, 15) is 13.2 Å². The Labute approximate surface area is 157 Å². The quantitative estimate of drug-likeness (QED) is 0.716. The highest BCUT2D eigenvalue weighted by Crippen LogP contribution is 2.22. The number of hydrogen-bond donors (Lipinski definition) is 2. The lowest BCUT2D eigenvalue weighted by Gasteiger charge is -2.35. The van der Waals surface area contributed by atoms with Crippen molar-refractivity contribution in [2.45, 2.75) is 12.7 Å². The molecule has 2 heterocycles. The number of anilines is 1. The van der Waals surface area contributed by atoms with Crippen LogP contribution in [0.25, 0.3) is 11.0 Å². The van der Waals surface area contributed by atoms with Crippen molar-refractivity contribution in [2.75, 3.05) is 31.1 Å². The Bertz CT molecular complexity index is 1110. The van der Waals surface area contributed by atoms with Crippen LogP contribution in [-0.4, -0.2) is 48.9 Å². The summed E-state index contributed by atoms with van der Waals surface area (Å²) >= 11 is 0. The van der Waals surface area contributed by atoms with Crippen LogP contribution in [0.5, 0.6) is 0 Å². The number of nitrogens with one attached hydrogen (secondary N) is 2. The fraction of sp³-hybridized carbons (Fsp3) is 0.316. The summed E-state index contributed by atoms with van der Waals surface area (Å²) in [6.07, 6.45) is 0. The van der Waals surface area contributed by atoms with Crippen molar-refractivity contribution in [1.82, 2.24) is 14.3 Å². The Hall–Kier alpha value is -2.58. The van der Waals surface area contributed by atoms with Gasteiger partial charge in [-0.2, -0.15) is 4.31 Å². The standard InChI is InChI=1S/C19H22N4O3S/c1-14-2-4-15(5-3-14)13-27(25,26)23-10-8-22(9-11-23)16-6-7-17-18(12-16)21-19(24)20-17/h2-7,12H,8-11,13H2,1H3,(H2,20,21,24). The number of H-pyrrole nitrogens is 2. The van der Waals surface area contributed by atoms with Gasteiger partial charge in [0.2, 0.25) is 10.0 Å². The molecule has 1 fully saturated rings. The molecule has 4 rings (SSSR count). The summed E-state index contributed by atoms with van der Waals surface area (Å²) in [7, 11) is -3.33. The number of fused-ring (bicyclic) bond motifs is 1.